The van der Waals surface area contributed by atoms with Crippen molar-refractivity contribution in [2.75, 3.05) is 26.3 Å². The molecule has 1 saturated heterocycles. The molecule has 1 aliphatic heterocycles. The Morgan fingerprint density at radius 2 is 2.20 bits per heavy atom. The molecular weight excluding hydrogens is 367 g/mol. The van der Waals surface area contributed by atoms with E-state index in [1.807, 2.05) is 18.2 Å². The Hall–Kier alpha value is -0.890. The number of hydrogen-bond acceptors (Lipinski definition) is 3. The van der Waals surface area contributed by atoms with Gasteiger partial charge in [0.1, 0.15) is 0 Å². The van der Waals surface area contributed by atoms with Crippen LogP contribution in [0.25, 0.3) is 0 Å². The highest BCUT2D eigenvalue weighted by Crippen LogP contribution is 2.24. The van der Waals surface area contributed by atoms with Crippen molar-refractivity contribution in [3.05, 3.63) is 30.1 Å². The lowest BCUT2D eigenvalue weighted by atomic mass is 9.89. The lowest BCUT2D eigenvalue weighted by Gasteiger charge is -2.38. The molecule has 2 N–H and O–H groups in total. The lowest BCUT2D eigenvalue weighted by molar-refractivity contribution is -0.0971. The van der Waals surface area contributed by atoms with Gasteiger partial charge in [-0.05, 0) is 19.1 Å². The van der Waals surface area contributed by atoms with Crippen molar-refractivity contribution >= 4 is 29.9 Å². The summed E-state index contributed by atoms with van der Waals surface area (Å²) in [5, 5.41) is 6.61. The second kappa shape index (κ2) is 8.41. The minimum Gasteiger partial charge on any atom is -0.380 e. The average Bonchev–Trinajstić information content (AvgIpc) is 2.41. The minimum absolute atomic E-state index is 0. The quantitative estimate of drug-likeness (QED) is 0.457. The van der Waals surface area contributed by atoms with E-state index in [4.69, 9.17) is 4.74 Å². The maximum Gasteiger partial charge on any atom is 0.191 e. The van der Waals surface area contributed by atoms with Gasteiger partial charge in [-0.25, -0.2) is 4.99 Å². The van der Waals surface area contributed by atoms with E-state index in [1.54, 1.807) is 6.20 Å². The van der Waals surface area contributed by atoms with Gasteiger partial charge >= 0.3 is 0 Å². The fourth-order valence-electron chi connectivity index (χ4n) is 1.84. The van der Waals surface area contributed by atoms with Gasteiger partial charge in [0.05, 0.1) is 25.5 Å². The molecule has 0 atom stereocenters. The number of hydrogen-bond donors (Lipinski definition) is 2. The average molecular weight is 390 g/mol. The topological polar surface area (TPSA) is 58.5 Å². The first-order valence-electron chi connectivity index (χ1n) is 6.72. The first-order valence-corrected chi connectivity index (χ1v) is 6.72. The molecule has 6 heteroatoms. The first kappa shape index (κ1) is 17.2. The van der Waals surface area contributed by atoms with E-state index < -0.39 is 0 Å². The lowest BCUT2D eigenvalue weighted by Crippen LogP contribution is -2.51. The van der Waals surface area contributed by atoms with Gasteiger partial charge in [-0.2, -0.15) is 0 Å². The van der Waals surface area contributed by atoms with Crippen LogP contribution in [0.2, 0.25) is 0 Å². The molecule has 2 heterocycles. The fraction of sp³-hybridized carbons (Fsp3) is 0.571. The summed E-state index contributed by atoms with van der Waals surface area (Å²) < 4.78 is 5.25. The van der Waals surface area contributed by atoms with Gasteiger partial charge in [-0.1, -0.05) is 13.0 Å². The molecule has 1 aromatic heterocycles. The molecule has 0 spiro atoms. The molecule has 0 saturated carbocycles. The first-order chi connectivity index (χ1) is 9.22. The fourth-order valence-corrected chi connectivity index (χ4v) is 1.84. The van der Waals surface area contributed by atoms with Crippen LogP contribution in [-0.4, -0.2) is 37.2 Å². The summed E-state index contributed by atoms with van der Waals surface area (Å²) >= 11 is 0. The number of aromatic nitrogens is 1. The van der Waals surface area contributed by atoms with Crippen LogP contribution in [0, 0.1) is 5.41 Å². The highest BCUT2D eigenvalue weighted by molar-refractivity contribution is 14.0. The van der Waals surface area contributed by atoms with Gasteiger partial charge in [-0.15, -0.1) is 24.0 Å². The van der Waals surface area contributed by atoms with Crippen LogP contribution in [0.4, 0.5) is 0 Å². The summed E-state index contributed by atoms with van der Waals surface area (Å²) in [5.41, 5.74) is 1.21. The molecule has 0 bridgehead atoms. The van der Waals surface area contributed by atoms with Crippen molar-refractivity contribution in [2.45, 2.75) is 20.4 Å². The normalized spacial score (nSPS) is 16.8. The summed E-state index contributed by atoms with van der Waals surface area (Å²) in [6.07, 6.45) is 1.79. The largest absolute Gasteiger partial charge is 0.380 e. The molecule has 5 nitrogen and oxygen atoms in total. The number of rotatable bonds is 5. The van der Waals surface area contributed by atoms with Crippen molar-refractivity contribution in [2.24, 2.45) is 10.4 Å². The van der Waals surface area contributed by atoms with Crippen LogP contribution in [-0.2, 0) is 11.3 Å². The number of ether oxygens (including phenoxy) is 1. The summed E-state index contributed by atoms with van der Waals surface area (Å²) in [6.45, 7) is 8.23. The molecule has 1 aliphatic rings. The molecule has 0 aromatic carbocycles. The molecule has 0 aliphatic carbocycles. The highest BCUT2D eigenvalue weighted by Gasteiger charge is 2.33. The Bertz CT molecular complexity index is 420. The van der Waals surface area contributed by atoms with E-state index in [-0.39, 0.29) is 29.4 Å². The van der Waals surface area contributed by atoms with Crippen LogP contribution in [0.1, 0.15) is 19.5 Å². The summed E-state index contributed by atoms with van der Waals surface area (Å²) in [6, 6.07) is 5.87. The molecular formula is C14H23IN4O. The van der Waals surface area contributed by atoms with E-state index in [0.29, 0.717) is 6.54 Å². The van der Waals surface area contributed by atoms with Gasteiger partial charge in [0.2, 0.25) is 0 Å². The van der Waals surface area contributed by atoms with Crippen molar-refractivity contribution in [1.82, 2.24) is 15.6 Å². The molecule has 0 unspecified atom stereocenters. The number of nitrogens with zero attached hydrogens (tertiary/aromatic N) is 2. The zero-order chi connectivity index (χ0) is 13.6. The molecule has 2 rings (SSSR count). The molecule has 1 fully saturated rings. The summed E-state index contributed by atoms with van der Waals surface area (Å²) in [5.74, 6) is 0.835. The third-order valence-electron chi connectivity index (χ3n) is 3.05. The maximum atomic E-state index is 5.25. The standard InChI is InChI=1S/C14H22N4O.HI/c1-3-15-13(18-9-14(2)10-19-11-14)17-8-12-6-4-5-7-16-12;/h4-7H,3,8-11H2,1-2H3,(H2,15,17,18);1H. The second-order valence-electron chi connectivity index (χ2n) is 5.17. The number of aliphatic imine (C=N–C) groups is 1. The van der Waals surface area contributed by atoms with Crippen LogP contribution in [0.3, 0.4) is 0 Å². The number of halogens is 1. The maximum absolute atomic E-state index is 5.25. The third kappa shape index (κ3) is 5.24. The SMILES string of the molecule is CCNC(=NCc1ccccn1)NCC1(C)COC1.I. The predicted molar refractivity (Wildman–Crippen MR) is 91.4 cm³/mol. The third-order valence-corrected chi connectivity index (χ3v) is 3.05. The van der Waals surface area contributed by atoms with Gasteiger partial charge in [0.15, 0.2) is 5.96 Å². The van der Waals surface area contributed by atoms with Crippen LogP contribution in [0.15, 0.2) is 29.4 Å². The van der Waals surface area contributed by atoms with E-state index >= 15 is 0 Å². The Labute approximate surface area is 137 Å². The second-order valence-corrected chi connectivity index (χ2v) is 5.17. The monoisotopic (exact) mass is 390 g/mol. The summed E-state index contributed by atoms with van der Waals surface area (Å²) in [7, 11) is 0. The van der Waals surface area contributed by atoms with Crippen LogP contribution >= 0.6 is 24.0 Å². The summed E-state index contributed by atoms with van der Waals surface area (Å²) in [4.78, 5) is 8.80. The number of guanidine groups is 1. The zero-order valence-electron chi connectivity index (χ0n) is 12.1. The molecule has 0 amide bonds. The van der Waals surface area contributed by atoms with Gasteiger partial charge in [-0.3, -0.25) is 4.98 Å². The van der Waals surface area contributed by atoms with E-state index in [0.717, 1.165) is 38.0 Å². The van der Waals surface area contributed by atoms with Crippen LogP contribution in [0.5, 0.6) is 0 Å². The predicted octanol–water partition coefficient (Wildman–Crippen LogP) is 1.79. The van der Waals surface area contributed by atoms with Gasteiger partial charge in [0, 0.05) is 24.7 Å². The van der Waals surface area contributed by atoms with E-state index in [1.165, 1.54) is 0 Å². The van der Waals surface area contributed by atoms with Crippen molar-refractivity contribution in [3.8, 4) is 0 Å². The molecule has 1 aromatic rings. The smallest absolute Gasteiger partial charge is 0.191 e. The highest BCUT2D eigenvalue weighted by atomic mass is 127. The molecule has 0 radical (unpaired) electrons. The van der Waals surface area contributed by atoms with E-state index in [9.17, 15) is 0 Å². The Morgan fingerprint density at radius 1 is 1.40 bits per heavy atom. The number of nitrogens with one attached hydrogen (secondary N) is 2. The Balaban J connectivity index is 0.00000200. The van der Waals surface area contributed by atoms with Crippen molar-refractivity contribution in [3.63, 3.8) is 0 Å². The molecule has 20 heavy (non-hydrogen) atoms. The minimum atomic E-state index is 0. The van der Waals surface area contributed by atoms with Crippen LogP contribution < -0.4 is 10.6 Å². The number of pyridine rings is 1. The van der Waals surface area contributed by atoms with E-state index in [2.05, 4.69) is 34.5 Å². The van der Waals surface area contributed by atoms with Crippen molar-refractivity contribution < 1.29 is 4.74 Å². The van der Waals surface area contributed by atoms with Gasteiger partial charge < -0.3 is 15.4 Å². The Morgan fingerprint density at radius 3 is 2.75 bits per heavy atom. The van der Waals surface area contributed by atoms with Gasteiger partial charge in [0.25, 0.3) is 0 Å². The molecule has 112 valence electrons. The zero-order valence-corrected chi connectivity index (χ0v) is 14.4. The Kier molecular flexibility index (Phi) is 7.22. The van der Waals surface area contributed by atoms with Crippen molar-refractivity contribution in [1.29, 1.82) is 0 Å².